The molecule has 0 radical (unpaired) electrons. The third kappa shape index (κ3) is 3.24. The molecule has 0 spiro atoms. The van der Waals surface area contributed by atoms with Crippen LogP contribution in [0.4, 0.5) is 4.79 Å². The SMILES string of the molecule is COc1ccc2c(c1)C(=O)N(CC1(C3CC(c4ccccc4)C3)NC(=O)NC1=O)CC2. The lowest BCUT2D eigenvalue weighted by Gasteiger charge is -2.47. The van der Waals surface area contributed by atoms with Gasteiger partial charge in [-0.1, -0.05) is 36.4 Å². The highest BCUT2D eigenvalue weighted by molar-refractivity contribution is 6.08. The number of imide groups is 1. The first-order valence-corrected chi connectivity index (χ1v) is 10.6. The molecular weight excluding hydrogens is 394 g/mol. The quantitative estimate of drug-likeness (QED) is 0.729. The Hall–Kier alpha value is -3.35. The van der Waals surface area contributed by atoms with Gasteiger partial charge < -0.3 is 15.0 Å². The Labute approximate surface area is 180 Å². The van der Waals surface area contributed by atoms with Gasteiger partial charge in [-0.2, -0.15) is 0 Å². The number of hydrogen-bond donors (Lipinski definition) is 2. The summed E-state index contributed by atoms with van der Waals surface area (Å²) in [7, 11) is 1.57. The van der Waals surface area contributed by atoms with Gasteiger partial charge in [-0.3, -0.25) is 14.9 Å². The van der Waals surface area contributed by atoms with Crippen LogP contribution in [0.5, 0.6) is 5.75 Å². The summed E-state index contributed by atoms with van der Waals surface area (Å²) in [5, 5.41) is 5.29. The standard InChI is InChI=1S/C24H25N3O4/c1-31-19-8-7-16-9-10-27(21(28)20(16)13-19)14-24(22(29)25-23(30)26-24)18-11-17(12-18)15-5-3-2-4-6-15/h2-8,13,17-18H,9-12,14H2,1H3,(H2,25,26,29,30). The summed E-state index contributed by atoms with van der Waals surface area (Å²) in [5.74, 6) is 0.491. The van der Waals surface area contributed by atoms with Gasteiger partial charge in [-0.05, 0) is 54.4 Å². The summed E-state index contributed by atoms with van der Waals surface area (Å²) in [6, 6.07) is 15.2. The van der Waals surface area contributed by atoms with Crippen LogP contribution in [0.2, 0.25) is 0 Å². The molecule has 2 fully saturated rings. The summed E-state index contributed by atoms with van der Waals surface area (Å²) < 4.78 is 5.27. The lowest BCUT2D eigenvalue weighted by molar-refractivity contribution is -0.128. The third-order valence-corrected chi connectivity index (χ3v) is 7.00. The summed E-state index contributed by atoms with van der Waals surface area (Å²) in [5.41, 5.74) is 1.73. The molecule has 1 saturated carbocycles. The maximum atomic E-state index is 13.2. The van der Waals surface area contributed by atoms with E-state index in [1.54, 1.807) is 18.1 Å². The van der Waals surface area contributed by atoms with Gasteiger partial charge in [0.2, 0.25) is 0 Å². The molecule has 2 aliphatic heterocycles. The van der Waals surface area contributed by atoms with Crippen LogP contribution in [0.15, 0.2) is 48.5 Å². The van der Waals surface area contributed by atoms with E-state index in [1.165, 1.54) is 5.56 Å². The van der Waals surface area contributed by atoms with E-state index in [0.29, 0.717) is 30.2 Å². The number of benzene rings is 2. The van der Waals surface area contributed by atoms with E-state index in [0.717, 1.165) is 18.4 Å². The molecule has 2 heterocycles. The Morgan fingerprint density at radius 2 is 1.87 bits per heavy atom. The molecule has 4 amide bonds. The molecule has 31 heavy (non-hydrogen) atoms. The number of carbonyl (C=O) groups is 3. The average molecular weight is 419 g/mol. The predicted octanol–water partition coefficient (Wildman–Crippen LogP) is 2.47. The van der Waals surface area contributed by atoms with Crippen molar-refractivity contribution in [2.24, 2.45) is 5.92 Å². The summed E-state index contributed by atoms with van der Waals surface area (Å²) in [4.78, 5) is 40.0. The molecule has 160 valence electrons. The molecule has 2 aromatic carbocycles. The number of methoxy groups -OCH3 is 1. The van der Waals surface area contributed by atoms with Crippen molar-refractivity contribution in [3.8, 4) is 5.75 Å². The number of fused-ring (bicyclic) bond motifs is 1. The number of rotatable bonds is 5. The second-order valence-corrected chi connectivity index (χ2v) is 8.66. The van der Waals surface area contributed by atoms with Gasteiger partial charge in [0.15, 0.2) is 0 Å². The molecular formula is C24H25N3O4. The highest BCUT2D eigenvalue weighted by Crippen LogP contribution is 2.48. The number of carbonyl (C=O) groups excluding carboxylic acids is 3. The smallest absolute Gasteiger partial charge is 0.322 e. The van der Waals surface area contributed by atoms with Crippen LogP contribution in [0.1, 0.15) is 40.2 Å². The fraction of sp³-hybridized carbons (Fsp3) is 0.375. The van der Waals surface area contributed by atoms with Crippen molar-refractivity contribution in [2.75, 3.05) is 20.2 Å². The molecule has 5 rings (SSSR count). The second kappa shape index (κ2) is 7.41. The van der Waals surface area contributed by atoms with E-state index in [4.69, 9.17) is 4.74 Å². The number of hydrogen-bond acceptors (Lipinski definition) is 4. The molecule has 2 N–H and O–H groups in total. The van der Waals surface area contributed by atoms with Crippen LogP contribution in [0, 0.1) is 5.92 Å². The maximum Gasteiger partial charge on any atom is 0.322 e. The lowest BCUT2D eigenvalue weighted by Crippen LogP contribution is -2.63. The molecule has 0 aromatic heterocycles. The van der Waals surface area contributed by atoms with Gasteiger partial charge in [-0.15, -0.1) is 0 Å². The molecule has 1 unspecified atom stereocenters. The maximum absolute atomic E-state index is 13.2. The van der Waals surface area contributed by atoms with Gasteiger partial charge in [-0.25, -0.2) is 4.79 Å². The summed E-state index contributed by atoms with van der Waals surface area (Å²) in [6.45, 7) is 0.685. The molecule has 0 bridgehead atoms. The van der Waals surface area contributed by atoms with Crippen LogP contribution in [-0.2, 0) is 11.2 Å². The zero-order chi connectivity index (χ0) is 21.6. The largest absolute Gasteiger partial charge is 0.497 e. The number of ether oxygens (including phenoxy) is 1. The van der Waals surface area contributed by atoms with Crippen LogP contribution in [0.3, 0.4) is 0 Å². The monoisotopic (exact) mass is 419 g/mol. The first-order valence-electron chi connectivity index (χ1n) is 10.6. The van der Waals surface area contributed by atoms with Crippen molar-refractivity contribution in [3.05, 3.63) is 65.2 Å². The highest BCUT2D eigenvalue weighted by atomic mass is 16.5. The zero-order valence-corrected chi connectivity index (χ0v) is 17.4. The van der Waals surface area contributed by atoms with Crippen molar-refractivity contribution in [2.45, 2.75) is 30.7 Å². The Morgan fingerprint density at radius 1 is 1.10 bits per heavy atom. The Bertz CT molecular complexity index is 1050. The minimum atomic E-state index is -1.09. The normalized spacial score (nSPS) is 27.3. The van der Waals surface area contributed by atoms with Gasteiger partial charge in [0, 0.05) is 12.1 Å². The number of amides is 4. The summed E-state index contributed by atoms with van der Waals surface area (Å²) >= 11 is 0. The third-order valence-electron chi connectivity index (χ3n) is 7.00. The Balaban J connectivity index is 1.39. The van der Waals surface area contributed by atoms with Crippen LogP contribution >= 0.6 is 0 Å². The van der Waals surface area contributed by atoms with Gasteiger partial charge in [0.25, 0.3) is 11.8 Å². The topological polar surface area (TPSA) is 87.7 Å². The van der Waals surface area contributed by atoms with Crippen molar-refractivity contribution in [3.63, 3.8) is 0 Å². The van der Waals surface area contributed by atoms with E-state index in [-0.39, 0.29) is 24.3 Å². The van der Waals surface area contributed by atoms with E-state index in [9.17, 15) is 14.4 Å². The molecule has 7 nitrogen and oxygen atoms in total. The Morgan fingerprint density at radius 3 is 2.55 bits per heavy atom. The van der Waals surface area contributed by atoms with Crippen molar-refractivity contribution in [1.82, 2.24) is 15.5 Å². The van der Waals surface area contributed by atoms with E-state index in [2.05, 4.69) is 22.8 Å². The molecule has 7 heteroatoms. The van der Waals surface area contributed by atoms with Crippen molar-refractivity contribution in [1.29, 1.82) is 0 Å². The molecule has 1 aliphatic carbocycles. The number of nitrogens with one attached hydrogen (secondary N) is 2. The molecule has 1 atom stereocenters. The predicted molar refractivity (Wildman–Crippen MR) is 114 cm³/mol. The second-order valence-electron chi connectivity index (χ2n) is 8.66. The van der Waals surface area contributed by atoms with Gasteiger partial charge >= 0.3 is 6.03 Å². The van der Waals surface area contributed by atoms with Crippen molar-refractivity contribution < 1.29 is 19.1 Å². The van der Waals surface area contributed by atoms with E-state index < -0.39 is 11.6 Å². The zero-order valence-electron chi connectivity index (χ0n) is 17.4. The van der Waals surface area contributed by atoms with Crippen molar-refractivity contribution >= 4 is 17.8 Å². The first-order chi connectivity index (χ1) is 15.0. The van der Waals surface area contributed by atoms with E-state index >= 15 is 0 Å². The first kappa shape index (κ1) is 19.6. The Kier molecular flexibility index (Phi) is 4.68. The molecule has 1 saturated heterocycles. The van der Waals surface area contributed by atoms with Crippen LogP contribution in [-0.4, -0.2) is 48.5 Å². The van der Waals surface area contributed by atoms with Gasteiger partial charge in [0.05, 0.1) is 13.7 Å². The number of nitrogens with zero attached hydrogens (tertiary/aromatic N) is 1. The fourth-order valence-electron chi connectivity index (χ4n) is 5.13. The van der Waals surface area contributed by atoms with Gasteiger partial charge in [0.1, 0.15) is 11.3 Å². The number of urea groups is 1. The van der Waals surface area contributed by atoms with Crippen LogP contribution in [0.25, 0.3) is 0 Å². The van der Waals surface area contributed by atoms with Crippen LogP contribution < -0.4 is 15.4 Å². The minimum Gasteiger partial charge on any atom is -0.497 e. The minimum absolute atomic E-state index is 0.0244. The highest BCUT2D eigenvalue weighted by Gasteiger charge is 2.57. The fourth-order valence-corrected chi connectivity index (χ4v) is 5.13. The van der Waals surface area contributed by atoms with E-state index in [1.807, 2.05) is 30.3 Å². The molecule has 3 aliphatic rings. The lowest BCUT2D eigenvalue weighted by atomic mass is 9.62. The summed E-state index contributed by atoms with van der Waals surface area (Å²) in [6.07, 6.45) is 2.29. The molecule has 2 aromatic rings. The average Bonchev–Trinajstić information content (AvgIpc) is 3.03.